The number of hydrogen-bond acceptors (Lipinski definition) is 3. The molecule has 3 nitrogen and oxygen atoms in total. The highest BCUT2D eigenvalue weighted by Crippen LogP contribution is 2.27. The van der Waals surface area contributed by atoms with E-state index in [2.05, 4.69) is 5.32 Å². The second-order valence-corrected chi connectivity index (χ2v) is 4.53. The van der Waals surface area contributed by atoms with Crippen LogP contribution in [0.25, 0.3) is 0 Å². The van der Waals surface area contributed by atoms with Gasteiger partial charge in [-0.25, -0.2) is 4.39 Å². The topological polar surface area (TPSA) is 45.0 Å². The average Bonchev–Trinajstić information content (AvgIpc) is 2.47. The largest absolute Gasteiger partial charge is 0.497 e. The fraction of sp³-hybridized carbons (Fsp3) is 0.133. The van der Waals surface area contributed by atoms with Gasteiger partial charge in [-0.2, -0.15) is 5.26 Å². The predicted molar refractivity (Wildman–Crippen MR) is 76.4 cm³/mol. The van der Waals surface area contributed by atoms with Gasteiger partial charge in [0.15, 0.2) is 0 Å². The van der Waals surface area contributed by atoms with Crippen LogP contribution in [0.3, 0.4) is 0 Å². The minimum Gasteiger partial charge on any atom is -0.497 e. The Hall–Kier alpha value is -2.25. The Kier molecular flexibility index (Phi) is 4.44. The van der Waals surface area contributed by atoms with E-state index in [9.17, 15) is 4.39 Å². The van der Waals surface area contributed by atoms with E-state index in [0.717, 1.165) is 5.56 Å². The molecule has 0 radical (unpaired) electrons. The first kappa shape index (κ1) is 14.2. The van der Waals surface area contributed by atoms with Crippen LogP contribution in [0.1, 0.15) is 11.1 Å². The van der Waals surface area contributed by atoms with Crippen molar-refractivity contribution < 1.29 is 9.13 Å². The SMILES string of the molecule is COc1ccc(Cl)c(NCc2ccc(F)c(C#N)c2)c1. The fourth-order valence-electron chi connectivity index (χ4n) is 1.73. The van der Waals surface area contributed by atoms with Crippen molar-refractivity contribution in [2.45, 2.75) is 6.54 Å². The Balaban J connectivity index is 2.15. The molecule has 102 valence electrons. The Morgan fingerprint density at radius 3 is 2.80 bits per heavy atom. The second kappa shape index (κ2) is 6.27. The summed E-state index contributed by atoms with van der Waals surface area (Å²) in [5, 5.41) is 12.5. The zero-order valence-corrected chi connectivity index (χ0v) is 11.5. The van der Waals surface area contributed by atoms with E-state index in [0.29, 0.717) is 23.0 Å². The summed E-state index contributed by atoms with van der Waals surface area (Å²) in [5.74, 6) is 0.171. The molecular formula is C15H12ClFN2O. The number of halogens is 2. The zero-order valence-electron chi connectivity index (χ0n) is 10.8. The van der Waals surface area contributed by atoms with Gasteiger partial charge in [0.25, 0.3) is 0 Å². The Morgan fingerprint density at radius 2 is 2.10 bits per heavy atom. The Labute approximate surface area is 121 Å². The predicted octanol–water partition coefficient (Wildman–Crippen LogP) is 3.97. The minimum absolute atomic E-state index is 0.0287. The third-order valence-corrected chi connectivity index (χ3v) is 3.14. The third-order valence-electron chi connectivity index (χ3n) is 2.81. The summed E-state index contributed by atoms with van der Waals surface area (Å²) < 4.78 is 18.3. The molecule has 0 spiro atoms. The molecule has 2 aromatic carbocycles. The van der Waals surface area contributed by atoms with Gasteiger partial charge in [-0.3, -0.25) is 0 Å². The first-order valence-corrected chi connectivity index (χ1v) is 6.28. The highest BCUT2D eigenvalue weighted by molar-refractivity contribution is 6.33. The molecule has 0 saturated carbocycles. The number of methoxy groups -OCH3 is 1. The molecule has 0 aliphatic heterocycles. The summed E-state index contributed by atoms with van der Waals surface area (Å²) in [6, 6.07) is 11.5. The molecule has 0 amide bonds. The van der Waals surface area contributed by atoms with Gasteiger partial charge < -0.3 is 10.1 Å². The van der Waals surface area contributed by atoms with Gasteiger partial charge in [-0.05, 0) is 29.8 Å². The van der Waals surface area contributed by atoms with Crippen LogP contribution in [0.2, 0.25) is 5.02 Å². The number of benzene rings is 2. The maximum atomic E-state index is 13.2. The first-order chi connectivity index (χ1) is 9.63. The van der Waals surface area contributed by atoms with Crippen molar-refractivity contribution in [2.24, 2.45) is 0 Å². The van der Waals surface area contributed by atoms with Gasteiger partial charge in [0.2, 0.25) is 0 Å². The monoisotopic (exact) mass is 290 g/mol. The molecular weight excluding hydrogens is 279 g/mol. The van der Waals surface area contributed by atoms with Gasteiger partial charge in [-0.15, -0.1) is 0 Å². The van der Waals surface area contributed by atoms with Gasteiger partial charge >= 0.3 is 0 Å². The van der Waals surface area contributed by atoms with Gasteiger partial charge in [-0.1, -0.05) is 17.7 Å². The maximum absolute atomic E-state index is 13.2. The number of hydrogen-bond donors (Lipinski definition) is 1. The van der Waals surface area contributed by atoms with Crippen LogP contribution < -0.4 is 10.1 Å². The number of rotatable bonds is 4. The van der Waals surface area contributed by atoms with E-state index in [1.165, 1.54) is 12.1 Å². The molecule has 0 bridgehead atoms. The molecule has 0 atom stereocenters. The molecule has 0 unspecified atom stereocenters. The Bertz CT molecular complexity index is 667. The smallest absolute Gasteiger partial charge is 0.140 e. The third kappa shape index (κ3) is 3.19. The second-order valence-electron chi connectivity index (χ2n) is 4.13. The molecule has 5 heteroatoms. The molecule has 0 saturated heterocycles. The summed E-state index contributed by atoms with van der Waals surface area (Å²) in [5.41, 5.74) is 1.54. The number of nitrogens with zero attached hydrogens (tertiary/aromatic N) is 1. The van der Waals surface area contributed by atoms with E-state index in [-0.39, 0.29) is 5.56 Å². The molecule has 0 heterocycles. The van der Waals surface area contributed by atoms with Gasteiger partial charge in [0.05, 0.1) is 23.4 Å². The summed E-state index contributed by atoms with van der Waals surface area (Å²) in [6.45, 7) is 0.432. The van der Waals surface area contributed by atoms with Crippen molar-refractivity contribution >= 4 is 17.3 Å². The highest BCUT2D eigenvalue weighted by Gasteiger charge is 2.05. The molecule has 0 aliphatic rings. The quantitative estimate of drug-likeness (QED) is 0.926. The molecule has 0 aromatic heterocycles. The van der Waals surface area contributed by atoms with Crippen LogP contribution >= 0.6 is 11.6 Å². The lowest BCUT2D eigenvalue weighted by Gasteiger charge is -2.10. The lowest BCUT2D eigenvalue weighted by Crippen LogP contribution is -2.01. The van der Waals surface area contributed by atoms with E-state index in [1.807, 2.05) is 6.07 Å². The van der Waals surface area contributed by atoms with Crippen LogP contribution in [0.4, 0.5) is 10.1 Å². The number of nitrogens with one attached hydrogen (secondary N) is 1. The number of anilines is 1. The number of ether oxygens (including phenoxy) is 1. The highest BCUT2D eigenvalue weighted by atomic mass is 35.5. The van der Waals surface area contributed by atoms with E-state index >= 15 is 0 Å². The van der Waals surface area contributed by atoms with Crippen molar-refractivity contribution in [3.8, 4) is 11.8 Å². The van der Waals surface area contributed by atoms with Crippen molar-refractivity contribution in [3.63, 3.8) is 0 Å². The molecule has 0 fully saturated rings. The van der Waals surface area contributed by atoms with Crippen molar-refractivity contribution in [2.75, 3.05) is 12.4 Å². The summed E-state index contributed by atoms with van der Waals surface area (Å²) >= 11 is 6.07. The lowest BCUT2D eigenvalue weighted by molar-refractivity contribution is 0.415. The van der Waals surface area contributed by atoms with Crippen molar-refractivity contribution in [1.29, 1.82) is 5.26 Å². The zero-order chi connectivity index (χ0) is 14.5. The summed E-state index contributed by atoms with van der Waals surface area (Å²) in [4.78, 5) is 0. The van der Waals surface area contributed by atoms with Crippen molar-refractivity contribution in [1.82, 2.24) is 0 Å². The lowest BCUT2D eigenvalue weighted by atomic mass is 10.1. The fourth-order valence-corrected chi connectivity index (χ4v) is 1.92. The van der Waals surface area contributed by atoms with E-state index in [1.54, 1.807) is 31.4 Å². The average molecular weight is 291 g/mol. The normalized spacial score (nSPS) is 9.90. The van der Waals surface area contributed by atoms with Crippen LogP contribution in [0.5, 0.6) is 5.75 Å². The summed E-state index contributed by atoms with van der Waals surface area (Å²) in [6.07, 6.45) is 0. The minimum atomic E-state index is -0.518. The standard InChI is InChI=1S/C15H12ClFN2O/c1-20-12-3-4-13(16)15(7-12)19-9-10-2-5-14(17)11(6-10)8-18/h2-7,19H,9H2,1H3. The van der Waals surface area contributed by atoms with Gasteiger partial charge in [0.1, 0.15) is 17.6 Å². The summed E-state index contributed by atoms with van der Waals surface area (Å²) in [7, 11) is 1.58. The molecule has 2 rings (SSSR count). The molecule has 20 heavy (non-hydrogen) atoms. The van der Waals surface area contributed by atoms with Crippen LogP contribution in [-0.2, 0) is 6.54 Å². The van der Waals surface area contributed by atoms with Crippen LogP contribution in [0, 0.1) is 17.1 Å². The van der Waals surface area contributed by atoms with E-state index < -0.39 is 5.82 Å². The number of nitriles is 1. The van der Waals surface area contributed by atoms with Crippen LogP contribution in [0.15, 0.2) is 36.4 Å². The Morgan fingerprint density at radius 1 is 1.30 bits per heavy atom. The molecule has 1 N–H and O–H groups in total. The molecule has 0 aliphatic carbocycles. The van der Waals surface area contributed by atoms with Gasteiger partial charge in [0, 0.05) is 12.6 Å². The first-order valence-electron chi connectivity index (χ1n) is 5.90. The van der Waals surface area contributed by atoms with E-state index in [4.69, 9.17) is 21.6 Å². The maximum Gasteiger partial charge on any atom is 0.140 e. The molecule has 2 aromatic rings. The van der Waals surface area contributed by atoms with Crippen molar-refractivity contribution in [3.05, 3.63) is 58.4 Å². The van der Waals surface area contributed by atoms with Crippen LogP contribution in [-0.4, -0.2) is 7.11 Å².